The molecule has 0 radical (unpaired) electrons. The summed E-state index contributed by atoms with van der Waals surface area (Å²) in [6.07, 6.45) is 27.7. The molecule has 0 spiro atoms. The Morgan fingerprint density at radius 3 is 1.39 bits per heavy atom. The first kappa shape index (κ1) is 51.0. The average molecular weight is 725 g/mol. The third kappa shape index (κ3) is 36.0. The van der Waals surface area contributed by atoms with E-state index in [0.717, 1.165) is 103 Å². The van der Waals surface area contributed by atoms with Gasteiger partial charge in [-0.2, -0.15) is 0 Å². The van der Waals surface area contributed by atoms with Crippen LogP contribution in [0.2, 0.25) is 0 Å². The molecule has 0 aromatic heterocycles. The van der Waals surface area contributed by atoms with Crippen LogP contribution in [0.3, 0.4) is 0 Å². The van der Waals surface area contributed by atoms with Gasteiger partial charge in [-0.1, -0.05) is 144 Å². The summed E-state index contributed by atoms with van der Waals surface area (Å²) < 4.78 is 11.2. The molecule has 0 bridgehead atoms. The molecule has 0 aromatic carbocycles. The molecule has 0 aliphatic rings. The van der Waals surface area contributed by atoms with E-state index in [-0.39, 0.29) is 42.1 Å². The highest BCUT2D eigenvalue weighted by Gasteiger charge is 2.20. The summed E-state index contributed by atoms with van der Waals surface area (Å²) in [6.45, 7) is 14.4. The number of rotatable bonds is 35. The Hall–Kier alpha value is -2.12. The summed E-state index contributed by atoms with van der Waals surface area (Å²) in [4.78, 5) is 49.4. The van der Waals surface area contributed by atoms with Gasteiger partial charge in [-0.15, -0.1) is 0 Å². The minimum atomic E-state index is -0.180. The van der Waals surface area contributed by atoms with E-state index in [2.05, 4.69) is 52.2 Å². The Kier molecular flexibility index (Phi) is 40.6. The van der Waals surface area contributed by atoms with Crippen molar-refractivity contribution in [1.82, 2.24) is 10.6 Å². The van der Waals surface area contributed by atoms with E-state index in [0.29, 0.717) is 32.6 Å². The van der Waals surface area contributed by atoms with Gasteiger partial charge >= 0.3 is 11.9 Å². The Bertz CT molecular complexity index is 805. The number of hydrogen-bond donors (Lipinski definition) is 2. The largest absolute Gasteiger partial charge is 0.465 e. The molecule has 0 rings (SSSR count). The van der Waals surface area contributed by atoms with Crippen molar-refractivity contribution >= 4 is 23.8 Å². The molecule has 8 nitrogen and oxygen atoms in total. The van der Waals surface area contributed by atoms with Gasteiger partial charge in [-0.3, -0.25) is 19.2 Å². The molecule has 0 aliphatic carbocycles. The van der Waals surface area contributed by atoms with Crippen LogP contribution in [0.5, 0.6) is 0 Å². The van der Waals surface area contributed by atoms with Crippen molar-refractivity contribution in [2.24, 2.45) is 11.8 Å². The first-order chi connectivity index (χ1) is 24.8. The third-order valence-electron chi connectivity index (χ3n) is 9.15. The van der Waals surface area contributed by atoms with Crippen LogP contribution in [0.4, 0.5) is 0 Å². The summed E-state index contributed by atoms with van der Waals surface area (Å²) >= 11 is 0. The Balaban J connectivity index is 0. The van der Waals surface area contributed by atoms with Crippen LogP contribution in [0.1, 0.15) is 215 Å². The predicted octanol–water partition coefficient (Wildman–Crippen LogP) is 11.2. The number of carbonyl (C=O) groups is 4. The molecule has 2 amide bonds. The number of ether oxygens (including phenoxy) is 2. The van der Waals surface area contributed by atoms with Crippen molar-refractivity contribution in [2.45, 2.75) is 215 Å². The lowest BCUT2D eigenvalue weighted by atomic mass is 9.94. The number of amides is 2. The van der Waals surface area contributed by atoms with Gasteiger partial charge in [0.1, 0.15) is 0 Å². The van der Waals surface area contributed by atoms with E-state index < -0.39 is 0 Å². The Morgan fingerprint density at radius 1 is 0.431 bits per heavy atom. The lowest BCUT2D eigenvalue weighted by Gasteiger charge is -2.16. The second-order valence-electron chi connectivity index (χ2n) is 14.5. The summed E-state index contributed by atoms with van der Waals surface area (Å²) in [6, 6.07) is 0. The standard InChI is InChI=1S/C40H76N2O6.C3H8/c1-5-9-12-14-15-21-29-36(28-20-13-10-6-2)40(46)48-32-24-17-16-23-31-41-38(44)34-42-37(43)30-22-18-25-33-47-39(45)35(26-8-4)27-19-11-7-3;1-3-2/h35-36H,5-34H2,1-4H3,(H,41,44)(H,42,43);3H2,1-2H3. The van der Waals surface area contributed by atoms with Gasteiger partial charge in [0.05, 0.1) is 31.6 Å². The first-order valence-corrected chi connectivity index (χ1v) is 21.7. The number of unbranched alkanes of at least 4 members (excludes halogenated alkanes) is 15. The van der Waals surface area contributed by atoms with E-state index in [1.165, 1.54) is 57.8 Å². The molecule has 2 unspecified atom stereocenters. The van der Waals surface area contributed by atoms with Crippen LogP contribution in [0, 0.1) is 11.8 Å². The van der Waals surface area contributed by atoms with E-state index >= 15 is 0 Å². The molecule has 0 saturated carbocycles. The number of esters is 2. The maximum Gasteiger partial charge on any atom is 0.308 e. The second-order valence-corrected chi connectivity index (χ2v) is 14.5. The molecular weight excluding hydrogens is 640 g/mol. The fourth-order valence-corrected chi connectivity index (χ4v) is 6.02. The molecule has 0 aliphatic heterocycles. The molecule has 0 aromatic rings. The average Bonchev–Trinajstić information content (AvgIpc) is 3.12. The van der Waals surface area contributed by atoms with Gasteiger partial charge in [0.25, 0.3) is 0 Å². The normalized spacial score (nSPS) is 12.0. The number of nitrogens with one attached hydrogen (secondary N) is 2. The van der Waals surface area contributed by atoms with Crippen molar-refractivity contribution < 1.29 is 28.7 Å². The highest BCUT2D eigenvalue weighted by atomic mass is 16.5. The molecule has 0 fully saturated rings. The van der Waals surface area contributed by atoms with Crippen LogP contribution in [0.25, 0.3) is 0 Å². The van der Waals surface area contributed by atoms with Crippen molar-refractivity contribution in [2.75, 3.05) is 26.3 Å². The molecule has 0 heterocycles. The quantitative estimate of drug-likeness (QED) is 0.0497. The van der Waals surface area contributed by atoms with Gasteiger partial charge in [0.2, 0.25) is 11.8 Å². The van der Waals surface area contributed by atoms with Crippen LogP contribution in [0.15, 0.2) is 0 Å². The minimum Gasteiger partial charge on any atom is -0.465 e. The maximum absolute atomic E-state index is 12.8. The zero-order valence-corrected chi connectivity index (χ0v) is 34.5. The van der Waals surface area contributed by atoms with Crippen molar-refractivity contribution in [3.05, 3.63) is 0 Å². The third-order valence-corrected chi connectivity index (χ3v) is 9.15. The van der Waals surface area contributed by atoms with E-state index in [1.807, 2.05) is 0 Å². The summed E-state index contributed by atoms with van der Waals surface area (Å²) in [5.74, 6) is -0.344. The van der Waals surface area contributed by atoms with Gasteiger partial charge in [0, 0.05) is 13.0 Å². The Labute approximate surface area is 315 Å². The van der Waals surface area contributed by atoms with Crippen LogP contribution in [-0.4, -0.2) is 50.1 Å². The molecule has 8 heteroatoms. The minimum absolute atomic E-state index is 0.0103. The van der Waals surface area contributed by atoms with Crippen LogP contribution >= 0.6 is 0 Å². The molecule has 302 valence electrons. The van der Waals surface area contributed by atoms with E-state index in [4.69, 9.17) is 9.47 Å². The summed E-state index contributed by atoms with van der Waals surface area (Å²) in [5, 5.41) is 5.56. The smallest absolute Gasteiger partial charge is 0.308 e. The zero-order valence-electron chi connectivity index (χ0n) is 34.5. The molecule has 51 heavy (non-hydrogen) atoms. The molecule has 2 N–H and O–H groups in total. The highest BCUT2D eigenvalue weighted by Crippen LogP contribution is 2.21. The lowest BCUT2D eigenvalue weighted by molar-refractivity contribution is -0.150. The van der Waals surface area contributed by atoms with Gasteiger partial charge < -0.3 is 20.1 Å². The second kappa shape index (κ2) is 40.6. The highest BCUT2D eigenvalue weighted by molar-refractivity contribution is 5.84. The molecular formula is C43H84N2O6. The summed E-state index contributed by atoms with van der Waals surface area (Å²) in [7, 11) is 0. The van der Waals surface area contributed by atoms with Crippen molar-refractivity contribution in [1.29, 1.82) is 0 Å². The van der Waals surface area contributed by atoms with Crippen LogP contribution < -0.4 is 10.6 Å². The maximum atomic E-state index is 12.8. The Morgan fingerprint density at radius 2 is 0.843 bits per heavy atom. The summed E-state index contributed by atoms with van der Waals surface area (Å²) in [5.41, 5.74) is 0. The monoisotopic (exact) mass is 725 g/mol. The van der Waals surface area contributed by atoms with E-state index in [9.17, 15) is 19.2 Å². The van der Waals surface area contributed by atoms with Gasteiger partial charge in [-0.05, 0) is 64.2 Å². The van der Waals surface area contributed by atoms with Crippen molar-refractivity contribution in [3.63, 3.8) is 0 Å². The zero-order chi connectivity index (χ0) is 38.2. The molecule has 0 saturated heterocycles. The van der Waals surface area contributed by atoms with Gasteiger partial charge in [-0.25, -0.2) is 0 Å². The topological polar surface area (TPSA) is 111 Å². The van der Waals surface area contributed by atoms with Crippen molar-refractivity contribution in [3.8, 4) is 0 Å². The lowest BCUT2D eigenvalue weighted by Crippen LogP contribution is -2.37. The molecule has 2 atom stereocenters. The van der Waals surface area contributed by atoms with Crippen LogP contribution in [-0.2, 0) is 28.7 Å². The fourth-order valence-electron chi connectivity index (χ4n) is 6.02. The SMILES string of the molecule is CCC.CCCCCCCCC(CCCCCC)C(=O)OCCCCCCNC(=O)CNC(=O)CCCCCOC(=O)C(CCC)CCCCC. The number of carbonyl (C=O) groups excluding carboxylic acids is 4. The first-order valence-electron chi connectivity index (χ1n) is 21.7. The fraction of sp³-hybridized carbons (Fsp3) is 0.907. The number of hydrogen-bond acceptors (Lipinski definition) is 6. The predicted molar refractivity (Wildman–Crippen MR) is 214 cm³/mol. The van der Waals surface area contributed by atoms with E-state index in [1.54, 1.807) is 0 Å². The van der Waals surface area contributed by atoms with Gasteiger partial charge in [0.15, 0.2) is 0 Å².